The standard InChI is InChI=1S/C23H25N5O3/c1-26(2)21-12-11-17(28(30)31)13-18(21)23(29)25-20-9-6-10-22-19(20)14-24-27(22)15-16-7-4-3-5-8-16/h3-5,7-8,11-14,20H,6,9-10,15H2,1-2H3,(H,25,29). The molecular weight excluding hydrogens is 394 g/mol. The molecular formula is C23H25N5O3. The molecule has 0 spiro atoms. The molecule has 0 saturated carbocycles. The van der Waals surface area contributed by atoms with E-state index in [2.05, 4.69) is 22.5 Å². The minimum atomic E-state index is -0.484. The Morgan fingerprint density at radius 2 is 2.03 bits per heavy atom. The molecule has 3 aromatic rings. The van der Waals surface area contributed by atoms with E-state index in [-0.39, 0.29) is 17.6 Å². The maximum absolute atomic E-state index is 13.1. The molecule has 1 unspecified atom stereocenters. The van der Waals surface area contributed by atoms with Gasteiger partial charge < -0.3 is 10.2 Å². The van der Waals surface area contributed by atoms with Gasteiger partial charge >= 0.3 is 0 Å². The van der Waals surface area contributed by atoms with Gasteiger partial charge in [-0.1, -0.05) is 30.3 Å². The maximum Gasteiger partial charge on any atom is 0.270 e. The van der Waals surface area contributed by atoms with E-state index >= 15 is 0 Å². The van der Waals surface area contributed by atoms with Crippen LogP contribution in [0.1, 0.15) is 46.1 Å². The second kappa shape index (κ2) is 8.59. The van der Waals surface area contributed by atoms with Crippen LogP contribution in [0, 0.1) is 10.1 Å². The Labute approximate surface area is 180 Å². The van der Waals surface area contributed by atoms with Crippen molar-refractivity contribution in [1.82, 2.24) is 15.1 Å². The topological polar surface area (TPSA) is 93.3 Å². The lowest BCUT2D eigenvalue weighted by Crippen LogP contribution is -2.32. The van der Waals surface area contributed by atoms with Gasteiger partial charge in [0.15, 0.2) is 0 Å². The highest BCUT2D eigenvalue weighted by atomic mass is 16.6. The number of nitro groups is 1. The summed E-state index contributed by atoms with van der Waals surface area (Å²) in [6, 6.07) is 14.3. The third-order valence-electron chi connectivity index (χ3n) is 5.66. The van der Waals surface area contributed by atoms with Crippen LogP contribution in [-0.4, -0.2) is 34.7 Å². The smallest absolute Gasteiger partial charge is 0.270 e. The number of amides is 1. The largest absolute Gasteiger partial charge is 0.377 e. The van der Waals surface area contributed by atoms with Crippen LogP contribution >= 0.6 is 0 Å². The number of carbonyl (C=O) groups excluding carboxylic acids is 1. The predicted molar refractivity (Wildman–Crippen MR) is 118 cm³/mol. The normalized spacial score (nSPS) is 15.2. The number of nitrogens with zero attached hydrogens (tertiary/aromatic N) is 4. The summed E-state index contributed by atoms with van der Waals surface area (Å²) in [5.74, 6) is -0.318. The zero-order valence-corrected chi connectivity index (χ0v) is 17.6. The summed E-state index contributed by atoms with van der Waals surface area (Å²) in [5, 5.41) is 18.9. The van der Waals surface area contributed by atoms with Crippen molar-refractivity contribution < 1.29 is 9.72 Å². The van der Waals surface area contributed by atoms with E-state index in [0.29, 0.717) is 17.8 Å². The van der Waals surface area contributed by atoms with Crippen LogP contribution in [0.2, 0.25) is 0 Å². The van der Waals surface area contributed by atoms with Crippen LogP contribution in [0.3, 0.4) is 0 Å². The summed E-state index contributed by atoms with van der Waals surface area (Å²) in [6.45, 7) is 0.687. The predicted octanol–water partition coefficient (Wildman–Crippen LogP) is 3.71. The quantitative estimate of drug-likeness (QED) is 0.486. The molecule has 0 fully saturated rings. The number of nitro benzene ring substituents is 1. The number of hydrogen-bond donors (Lipinski definition) is 1. The van der Waals surface area contributed by atoms with Gasteiger partial charge in [0.05, 0.1) is 29.3 Å². The fraction of sp³-hybridized carbons (Fsp3) is 0.304. The SMILES string of the molecule is CN(C)c1ccc([N+](=O)[O-])cc1C(=O)NC1CCCc2c1cnn2Cc1ccccc1. The number of non-ortho nitro benzene ring substituents is 1. The molecule has 2 aromatic carbocycles. The van der Waals surface area contributed by atoms with E-state index in [1.165, 1.54) is 17.7 Å². The van der Waals surface area contributed by atoms with Gasteiger partial charge in [-0.2, -0.15) is 5.10 Å². The summed E-state index contributed by atoms with van der Waals surface area (Å²) < 4.78 is 2.00. The number of benzene rings is 2. The molecule has 1 atom stereocenters. The third-order valence-corrected chi connectivity index (χ3v) is 5.66. The number of rotatable bonds is 6. The molecule has 4 rings (SSSR count). The van der Waals surface area contributed by atoms with Gasteiger partial charge in [0, 0.05) is 43.2 Å². The Balaban J connectivity index is 1.59. The highest BCUT2D eigenvalue weighted by molar-refractivity contribution is 6.00. The van der Waals surface area contributed by atoms with Crippen LogP contribution in [0.5, 0.6) is 0 Å². The Hall–Kier alpha value is -3.68. The third kappa shape index (κ3) is 4.28. The molecule has 160 valence electrons. The zero-order valence-electron chi connectivity index (χ0n) is 17.6. The zero-order chi connectivity index (χ0) is 22.0. The lowest BCUT2D eigenvalue weighted by atomic mass is 9.92. The van der Waals surface area contributed by atoms with Crippen molar-refractivity contribution in [1.29, 1.82) is 0 Å². The molecule has 0 saturated heterocycles. The van der Waals surface area contributed by atoms with Crippen molar-refractivity contribution in [3.8, 4) is 0 Å². The summed E-state index contributed by atoms with van der Waals surface area (Å²) in [7, 11) is 3.62. The van der Waals surface area contributed by atoms with Crippen LogP contribution in [0.4, 0.5) is 11.4 Å². The van der Waals surface area contributed by atoms with Gasteiger partial charge in [0.1, 0.15) is 0 Å². The van der Waals surface area contributed by atoms with E-state index in [9.17, 15) is 14.9 Å². The first-order valence-corrected chi connectivity index (χ1v) is 10.3. The summed E-state index contributed by atoms with van der Waals surface area (Å²) in [6.07, 6.45) is 4.49. The van der Waals surface area contributed by atoms with E-state index < -0.39 is 4.92 Å². The monoisotopic (exact) mass is 419 g/mol. The number of aromatic nitrogens is 2. The van der Waals surface area contributed by atoms with Gasteiger partial charge in [-0.25, -0.2) is 0 Å². The molecule has 1 N–H and O–H groups in total. The molecule has 0 aliphatic heterocycles. The average molecular weight is 419 g/mol. The van der Waals surface area contributed by atoms with Crippen LogP contribution in [-0.2, 0) is 13.0 Å². The molecule has 0 radical (unpaired) electrons. The molecule has 8 nitrogen and oxygen atoms in total. The first-order chi connectivity index (χ1) is 14.9. The van der Waals surface area contributed by atoms with Gasteiger partial charge in [-0.15, -0.1) is 0 Å². The highest BCUT2D eigenvalue weighted by Gasteiger charge is 2.27. The average Bonchev–Trinajstić information content (AvgIpc) is 3.17. The Kier molecular flexibility index (Phi) is 5.70. The minimum Gasteiger partial charge on any atom is -0.377 e. The molecule has 31 heavy (non-hydrogen) atoms. The molecule has 8 heteroatoms. The lowest BCUT2D eigenvalue weighted by Gasteiger charge is -2.25. The molecule has 1 aliphatic rings. The Morgan fingerprint density at radius 1 is 1.26 bits per heavy atom. The van der Waals surface area contributed by atoms with Crippen LogP contribution in [0.15, 0.2) is 54.7 Å². The maximum atomic E-state index is 13.1. The second-order valence-corrected chi connectivity index (χ2v) is 7.96. The lowest BCUT2D eigenvalue weighted by molar-refractivity contribution is -0.384. The number of nitrogens with one attached hydrogen (secondary N) is 1. The number of anilines is 1. The first kappa shape index (κ1) is 20.6. The fourth-order valence-corrected chi connectivity index (χ4v) is 4.11. The van der Waals surface area contributed by atoms with Gasteiger partial charge in [0.25, 0.3) is 11.6 Å². The van der Waals surface area contributed by atoms with Crippen LogP contribution in [0.25, 0.3) is 0 Å². The van der Waals surface area contributed by atoms with Crippen molar-refractivity contribution in [3.63, 3.8) is 0 Å². The van der Waals surface area contributed by atoms with Crippen molar-refractivity contribution in [3.05, 3.63) is 87.2 Å². The molecule has 1 aromatic heterocycles. The van der Waals surface area contributed by atoms with E-state index in [0.717, 1.165) is 30.5 Å². The van der Waals surface area contributed by atoms with Gasteiger partial charge in [-0.3, -0.25) is 19.6 Å². The second-order valence-electron chi connectivity index (χ2n) is 7.96. The summed E-state index contributed by atoms with van der Waals surface area (Å²) in [4.78, 5) is 25.6. The van der Waals surface area contributed by atoms with Crippen LogP contribution < -0.4 is 10.2 Å². The van der Waals surface area contributed by atoms with Crippen molar-refractivity contribution in [2.75, 3.05) is 19.0 Å². The van der Waals surface area contributed by atoms with Crippen molar-refractivity contribution in [2.24, 2.45) is 0 Å². The van der Waals surface area contributed by atoms with Gasteiger partial charge in [0.2, 0.25) is 0 Å². The molecule has 1 amide bonds. The van der Waals surface area contributed by atoms with E-state index in [1.807, 2.05) is 43.2 Å². The number of carbonyl (C=O) groups is 1. The summed E-state index contributed by atoms with van der Waals surface area (Å²) in [5.41, 5.74) is 4.16. The van der Waals surface area contributed by atoms with Gasteiger partial charge in [-0.05, 0) is 30.9 Å². The van der Waals surface area contributed by atoms with E-state index in [4.69, 9.17) is 0 Å². The Bertz CT molecular complexity index is 1110. The van der Waals surface area contributed by atoms with Crippen molar-refractivity contribution >= 4 is 17.3 Å². The van der Waals surface area contributed by atoms with E-state index in [1.54, 1.807) is 11.0 Å². The summed E-state index contributed by atoms with van der Waals surface area (Å²) >= 11 is 0. The molecule has 0 bridgehead atoms. The fourth-order valence-electron chi connectivity index (χ4n) is 4.11. The first-order valence-electron chi connectivity index (χ1n) is 10.3. The minimum absolute atomic E-state index is 0.101. The molecule has 1 aliphatic carbocycles. The van der Waals surface area contributed by atoms with Crippen molar-refractivity contribution in [2.45, 2.75) is 31.8 Å². The Morgan fingerprint density at radius 3 is 2.74 bits per heavy atom. The molecule has 1 heterocycles. The number of fused-ring (bicyclic) bond motifs is 1. The highest BCUT2D eigenvalue weighted by Crippen LogP contribution is 2.31. The number of hydrogen-bond acceptors (Lipinski definition) is 5.